The van der Waals surface area contributed by atoms with Crippen LogP contribution in [0.1, 0.15) is 22.8 Å². The maximum Gasteiger partial charge on any atom is 0.269 e. The van der Waals surface area contributed by atoms with Crippen LogP contribution in [0.25, 0.3) is 0 Å². The van der Waals surface area contributed by atoms with E-state index in [-0.39, 0.29) is 11.6 Å². The molecule has 0 spiro atoms. The topological polar surface area (TPSA) is 63.4 Å². The van der Waals surface area contributed by atoms with E-state index in [2.05, 4.69) is 0 Å². The zero-order chi connectivity index (χ0) is 14.1. The summed E-state index contributed by atoms with van der Waals surface area (Å²) < 4.78 is 0. The second-order valence-electron chi connectivity index (χ2n) is 5.24. The van der Waals surface area contributed by atoms with Crippen LogP contribution in [0, 0.1) is 16.0 Å². The molecule has 0 saturated heterocycles. The van der Waals surface area contributed by atoms with Gasteiger partial charge in [-0.05, 0) is 35.4 Å². The van der Waals surface area contributed by atoms with Gasteiger partial charge in [0, 0.05) is 12.1 Å². The third-order valence-electron chi connectivity index (χ3n) is 3.95. The fourth-order valence-electron chi connectivity index (χ4n) is 2.90. The highest BCUT2D eigenvalue weighted by Crippen LogP contribution is 2.37. The van der Waals surface area contributed by atoms with Crippen molar-refractivity contribution in [3.63, 3.8) is 0 Å². The van der Waals surface area contributed by atoms with Crippen LogP contribution < -0.4 is 0 Å². The summed E-state index contributed by atoms with van der Waals surface area (Å²) in [6.07, 6.45) is 1.14. The van der Waals surface area contributed by atoms with Crippen LogP contribution in [0.15, 0.2) is 48.5 Å². The van der Waals surface area contributed by atoms with Crippen molar-refractivity contribution in [1.29, 1.82) is 0 Å². The van der Waals surface area contributed by atoms with Crippen LogP contribution in [0.4, 0.5) is 5.69 Å². The molecule has 20 heavy (non-hydrogen) atoms. The third kappa shape index (κ3) is 2.30. The Morgan fingerprint density at radius 2 is 1.85 bits per heavy atom. The lowest BCUT2D eigenvalue weighted by atomic mass is 9.94. The van der Waals surface area contributed by atoms with Gasteiger partial charge in [-0.3, -0.25) is 10.1 Å². The molecule has 4 nitrogen and oxygen atoms in total. The Morgan fingerprint density at radius 3 is 2.50 bits per heavy atom. The number of rotatable bonds is 3. The molecule has 2 aromatic rings. The van der Waals surface area contributed by atoms with Crippen LogP contribution in [-0.4, -0.2) is 10.0 Å². The zero-order valence-corrected chi connectivity index (χ0v) is 10.9. The van der Waals surface area contributed by atoms with Gasteiger partial charge in [0.15, 0.2) is 0 Å². The van der Waals surface area contributed by atoms with Crippen molar-refractivity contribution < 1.29 is 10.0 Å². The lowest BCUT2D eigenvalue weighted by molar-refractivity contribution is -0.384. The van der Waals surface area contributed by atoms with Gasteiger partial charge in [0.25, 0.3) is 5.69 Å². The molecule has 0 amide bonds. The van der Waals surface area contributed by atoms with E-state index in [1.165, 1.54) is 17.7 Å². The largest absolute Gasteiger partial charge is 0.388 e. The highest BCUT2D eigenvalue weighted by atomic mass is 16.6. The second-order valence-corrected chi connectivity index (χ2v) is 5.24. The van der Waals surface area contributed by atoms with Gasteiger partial charge >= 0.3 is 0 Å². The molecule has 1 aliphatic rings. The van der Waals surface area contributed by atoms with E-state index in [0.717, 1.165) is 24.0 Å². The van der Waals surface area contributed by atoms with E-state index in [1.54, 1.807) is 12.1 Å². The number of aliphatic hydroxyl groups excluding tert-OH is 1. The van der Waals surface area contributed by atoms with Crippen molar-refractivity contribution in [3.8, 4) is 0 Å². The van der Waals surface area contributed by atoms with Crippen LogP contribution in [0.5, 0.6) is 0 Å². The van der Waals surface area contributed by atoms with Crippen LogP contribution in [-0.2, 0) is 12.8 Å². The summed E-state index contributed by atoms with van der Waals surface area (Å²) in [5.41, 5.74) is 3.34. The molecule has 0 heterocycles. The predicted molar refractivity (Wildman–Crippen MR) is 75.4 cm³/mol. The molecule has 2 atom stereocenters. The van der Waals surface area contributed by atoms with E-state index in [4.69, 9.17) is 0 Å². The number of hydrogen-bond donors (Lipinski definition) is 1. The van der Waals surface area contributed by atoms with E-state index < -0.39 is 11.0 Å². The molecule has 4 heteroatoms. The quantitative estimate of drug-likeness (QED) is 0.688. The maximum absolute atomic E-state index is 10.6. The standard InChI is InChI=1S/C16H15NO3/c18-16-13(10-12-3-1-2-4-15(12)16)9-11-5-7-14(8-6-11)17(19)20/h1-8,13,16,18H,9-10H2. The minimum atomic E-state index is -0.443. The van der Waals surface area contributed by atoms with Gasteiger partial charge in [-0.25, -0.2) is 0 Å². The zero-order valence-electron chi connectivity index (χ0n) is 10.9. The van der Waals surface area contributed by atoms with Crippen LogP contribution in [0.2, 0.25) is 0 Å². The van der Waals surface area contributed by atoms with Crippen molar-refractivity contribution in [2.75, 3.05) is 0 Å². The summed E-state index contributed by atoms with van der Waals surface area (Å²) in [6, 6.07) is 14.5. The molecule has 2 unspecified atom stereocenters. The first-order chi connectivity index (χ1) is 9.65. The predicted octanol–water partition coefficient (Wildman–Crippen LogP) is 3.04. The van der Waals surface area contributed by atoms with E-state index in [0.29, 0.717) is 0 Å². The lowest BCUT2D eigenvalue weighted by Gasteiger charge is -2.14. The first-order valence-electron chi connectivity index (χ1n) is 6.64. The van der Waals surface area contributed by atoms with E-state index >= 15 is 0 Å². The number of fused-ring (bicyclic) bond motifs is 1. The number of nitro groups is 1. The molecule has 102 valence electrons. The van der Waals surface area contributed by atoms with E-state index in [1.807, 2.05) is 24.3 Å². The second kappa shape index (κ2) is 5.06. The number of aliphatic hydroxyl groups is 1. The number of nitrogens with zero attached hydrogens (tertiary/aromatic N) is 1. The van der Waals surface area contributed by atoms with Crippen molar-refractivity contribution in [2.24, 2.45) is 5.92 Å². The average Bonchev–Trinajstić information content (AvgIpc) is 2.77. The van der Waals surface area contributed by atoms with Gasteiger partial charge in [-0.15, -0.1) is 0 Å². The normalized spacial score (nSPS) is 20.6. The maximum atomic E-state index is 10.6. The van der Waals surface area contributed by atoms with Crippen molar-refractivity contribution in [2.45, 2.75) is 18.9 Å². The number of benzene rings is 2. The van der Waals surface area contributed by atoms with Gasteiger partial charge in [-0.1, -0.05) is 36.4 Å². The minimum absolute atomic E-state index is 0.101. The minimum Gasteiger partial charge on any atom is -0.388 e. The fraction of sp³-hybridized carbons (Fsp3) is 0.250. The number of non-ortho nitro benzene ring substituents is 1. The molecule has 3 rings (SSSR count). The molecular formula is C16H15NO3. The Bertz CT molecular complexity index is 636. The van der Waals surface area contributed by atoms with Gasteiger partial charge in [0.05, 0.1) is 11.0 Å². The van der Waals surface area contributed by atoms with Crippen molar-refractivity contribution >= 4 is 5.69 Å². The highest BCUT2D eigenvalue weighted by molar-refractivity contribution is 5.37. The molecule has 0 bridgehead atoms. The summed E-state index contributed by atoms with van der Waals surface area (Å²) in [4.78, 5) is 10.2. The Hall–Kier alpha value is -2.20. The Labute approximate surface area is 116 Å². The Balaban J connectivity index is 1.75. The smallest absolute Gasteiger partial charge is 0.269 e. The molecule has 1 aliphatic carbocycles. The summed E-state index contributed by atoms with van der Waals surface area (Å²) in [6.45, 7) is 0. The summed E-state index contributed by atoms with van der Waals surface area (Å²) in [5.74, 6) is 0.147. The lowest BCUT2D eigenvalue weighted by Crippen LogP contribution is -2.10. The monoisotopic (exact) mass is 269 g/mol. The van der Waals surface area contributed by atoms with Gasteiger partial charge in [0.1, 0.15) is 0 Å². The third-order valence-corrected chi connectivity index (χ3v) is 3.95. The summed E-state index contributed by atoms with van der Waals surface area (Å²) in [7, 11) is 0. The van der Waals surface area contributed by atoms with Crippen LogP contribution in [0.3, 0.4) is 0 Å². The molecule has 1 N–H and O–H groups in total. The summed E-state index contributed by atoms with van der Waals surface area (Å²) in [5, 5.41) is 21.0. The fourth-order valence-corrected chi connectivity index (χ4v) is 2.90. The Morgan fingerprint density at radius 1 is 1.15 bits per heavy atom. The molecular weight excluding hydrogens is 254 g/mol. The van der Waals surface area contributed by atoms with Crippen molar-refractivity contribution in [1.82, 2.24) is 0 Å². The number of nitro benzene ring substituents is 1. The molecule has 0 radical (unpaired) electrons. The first kappa shape index (κ1) is 12.8. The Kier molecular flexibility index (Phi) is 3.24. The van der Waals surface area contributed by atoms with E-state index in [9.17, 15) is 15.2 Å². The molecule has 0 saturated carbocycles. The SMILES string of the molecule is O=[N+]([O-])c1ccc(CC2Cc3ccccc3C2O)cc1. The first-order valence-corrected chi connectivity index (χ1v) is 6.64. The summed E-state index contributed by atoms with van der Waals surface area (Å²) >= 11 is 0. The number of hydrogen-bond acceptors (Lipinski definition) is 3. The average molecular weight is 269 g/mol. The van der Waals surface area contributed by atoms with Gasteiger partial charge < -0.3 is 5.11 Å². The van der Waals surface area contributed by atoms with Crippen molar-refractivity contribution in [3.05, 3.63) is 75.3 Å². The molecule has 0 fully saturated rings. The highest BCUT2D eigenvalue weighted by Gasteiger charge is 2.30. The van der Waals surface area contributed by atoms with Gasteiger partial charge in [-0.2, -0.15) is 0 Å². The molecule has 2 aromatic carbocycles. The molecule has 0 aromatic heterocycles. The van der Waals surface area contributed by atoms with Crippen LogP contribution >= 0.6 is 0 Å². The molecule has 0 aliphatic heterocycles. The van der Waals surface area contributed by atoms with Gasteiger partial charge in [0.2, 0.25) is 0 Å².